The Morgan fingerprint density at radius 3 is 2.47 bits per heavy atom. The van der Waals surface area contributed by atoms with Crippen LogP contribution in [0.2, 0.25) is 0 Å². The van der Waals surface area contributed by atoms with Crippen molar-refractivity contribution in [2.75, 3.05) is 11.1 Å². The van der Waals surface area contributed by atoms with Crippen molar-refractivity contribution in [1.82, 2.24) is 0 Å². The first-order valence-electron chi connectivity index (χ1n) is 5.45. The minimum absolute atomic E-state index is 0.195. The van der Waals surface area contributed by atoms with Crippen molar-refractivity contribution in [3.63, 3.8) is 0 Å². The Labute approximate surface area is 100 Å². The number of hydrogen-bond acceptors (Lipinski definition) is 2. The molecule has 0 spiro atoms. The number of hydrogen-bond donors (Lipinski definition) is 2. The first kappa shape index (κ1) is 11.5. The van der Waals surface area contributed by atoms with Crippen molar-refractivity contribution < 1.29 is 4.39 Å². The van der Waals surface area contributed by atoms with E-state index in [-0.39, 0.29) is 5.82 Å². The van der Waals surface area contributed by atoms with Crippen LogP contribution in [0.15, 0.2) is 36.4 Å². The van der Waals surface area contributed by atoms with Crippen LogP contribution in [-0.4, -0.2) is 0 Å². The van der Waals surface area contributed by atoms with Gasteiger partial charge in [-0.1, -0.05) is 6.07 Å². The Kier molecular flexibility index (Phi) is 3.00. The quantitative estimate of drug-likeness (QED) is 0.771. The molecule has 88 valence electrons. The summed E-state index contributed by atoms with van der Waals surface area (Å²) in [6, 6.07) is 10.6. The average Bonchev–Trinajstić information content (AvgIpc) is 2.29. The Morgan fingerprint density at radius 1 is 1.00 bits per heavy atom. The van der Waals surface area contributed by atoms with Crippen molar-refractivity contribution in [2.45, 2.75) is 13.8 Å². The topological polar surface area (TPSA) is 38.0 Å². The predicted molar refractivity (Wildman–Crippen MR) is 70.0 cm³/mol. The zero-order chi connectivity index (χ0) is 12.4. The molecule has 0 atom stereocenters. The van der Waals surface area contributed by atoms with Crippen molar-refractivity contribution in [2.24, 2.45) is 0 Å². The molecule has 0 unspecified atom stereocenters. The van der Waals surface area contributed by atoms with E-state index in [1.807, 2.05) is 25.1 Å². The van der Waals surface area contributed by atoms with Gasteiger partial charge in [0, 0.05) is 17.1 Å². The van der Waals surface area contributed by atoms with Crippen LogP contribution in [-0.2, 0) is 0 Å². The molecule has 0 heterocycles. The molecule has 2 aromatic carbocycles. The molecule has 0 radical (unpaired) electrons. The molecular formula is C14H15FN2. The summed E-state index contributed by atoms with van der Waals surface area (Å²) in [5.41, 5.74) is 9.96. The lowest BCUT2D eigenvalue weighted by Gasteiger charge is -2.11. The van der Waals surface area contributed by atoms with Crippen LogP contribution < -0.4 is 11.1 Å². The van der Waals surface area contributed by atoms with Crippen LogP contribution in [0.5, 0.6) is 0 Å². The van der Waals surface area contributed by atoms with Gasteiger partial charge in [-0.2, -0.15) is 0 Å². The third kappa shape index (κ3) is 2.56. The summed E-state index contributed by atoms with van der Waals surface area (Å²) >= 11 is 0. The van der Waals surface area contributed by atoms with Gasteiger partial charge < -0.3 is 11.1 Å². The highest BCUT2D eigenvalue weighted by Crippen LogP contribution is 2.24. The Balaban J connectivity index is 2.31. The standard InChI is InChI=1S/C14H15FN2/c1-9-3-4-11(16)8-14(9)17-12-5-6-13(15)10(2)7-12/h3-8,17H,16H2,1-2H3. The highest BCUT2D eigenvalue weighted by atomic mass is 19.1. The van der Waals surface area contributed by atoms with Crippen LogP contribution in [0.25, 0.3) is 0 Å². The molecular weight excluding hydrogens is 215 g/mol. The van der Waals surface area contributed by atoms with Crippen LogP contribution in [0.4, 0.5) is 21.5 Å². The highest BCUT2D eigenvalue weighted by Gasteiger charge is 2.02. The second kappa shape index (κ2) is 4.45. The molecule has 3 N–H and O–H groups in total. The number of rotatable bonds is 2. The van der Waals surface area contributed by atoms with Crippen LogP contribution in [0.3, 0.4) is 0 Å². The number of halogens is 1. The lowest BCUT2D eigenvalue weighted by atomic mass is 10.1. The van der Waals surface area contributed by atoms with E-state index in [1.54, 1.807) is 19.1 Å². The zero-order valence-electron chi connectivity index (χ0n) is 9.92. The second-order valence-corrected chi connectivity index (χ2v) is 4.16. The molecule has 3 heteroatoms. The Bertz CT molecular complexity index is 550. The van der Waals surface area contributed by atoms with Gasteiger partial charge in [-0.3, -0.25) is 0 Å². The lowest BCUT2D eigenvalue weighted by molar-refractivity contribution is 0.619. The van der Waals surface area contributed by atoms with Gasteiger partial charge >= 0.3 is 0 Å². The molecule has 2 aromatic rings. The van der Waals surface area contributed by atoms with Gasteiger partial charge in [-0.15, -0.1) is 0 Å². The van der Waals surface area contributed by atoms with E-state index in [4.69, 9.17) is 5.73 Å². The molecule has 0 saturated carbocycles. The fourth-order valence-corrected chi connectivity index (χ4v) is 1.65. The summed E-state index contributed by atoms with van der Waals surface area (Å²) in [4.78, 5) is 0. The number of benzene rings is 2. The molecule has 2 nitrogen and oxygen atoms in total. The molecule has 0 saturated heterocycles. The van der Waals surface area contributed by atoms with Crippen molar-refractivity contribution in [3.8, 4) is 0 Å². The predicted octanol–water partition coefficient (Wildman–Crippen LogP) is 3.77. The fourth-order valence-electron chi connectivity index (χ4n) is 1.65. The third-order valence-corrected chi connectivity index (χ3v) is 2.70. The minimum atomic E-state index is -0.195. The molecule has 2 rings (SSSR count). The molecule has 0 aliphatic heterocycles. The lowest BCUT2D eigenvalue weighted by Crippen LogP contribution is -1.96. The first-order chi connectivity index (χ1) is 8.06. The molecule has 17 heavy (non-hydrogen) atoms. The van der Waals surface area contributed by atoms with E-state index in [0.717, 1.165) is 16.9 Å². The summed E-state index contributed by atoms with van der Waals surface area (Å²) in [7, 11) is 0. The van der Waals surface area contributed by atoms with Gasteiger partial charge in [0.1, 0.15) is 5.82 Å². The van der Waals surface area contributed by atoms with Gasteiger partial charge in [0.2, 0.25) is 0 Å². The van der Waals surface area contributed by atoms with Crippen LogP contribution in [0.1, 0.15) is 11.1 Å². The zero-order valence-corrected chi connectivity index (χ0v) is 9.92. The largest absolute Gasteiger partial charge is 0.399 e. The number of aryl methyl sites for hydroxylation is 2. The number of nitrogens with two attached hydrogens (primary N) is 1. The smallest absolute Gasteiger partial charge is 0.126 e. The summed E-state index contributed by atoms with van der Waals surface area (Å²) in [5.74, 6) is -0.195. The van der Waals surface area contributed by atoms with Crippen LogP contribution in [0, 0.1) is 19.7 Å². The molecule has 0 fully saturated rings. The van der Waals surface area contributed by atoms with Gasteiger partial charge in [-0.05, 0) is 55.3 Å². The normalized spacial score (nSPS) is 10.3. The second-order valence-electron chi connectivity index (χ2n) is 4.16. The van der Waals surface area contributed by atoms with E-state index < -0.39 is 0 Å². The van der Waals surface area contributed by atoms with E-state index in [0.29, 0.717) is 11.3 Å². The summed E-state index contributed by atoms with van der Waals surface area (Å²) < 4.78 is 13.1. The summed E-state index contributed by atoms with van der Waals surface area (Å²) in [6.07, 6.45) is 0. The third-order valence-electron chi connectivity index (χ3n) is 2.70. The van der Waals surface area contributed by atoms with Gasteiger partial charge in [0.05, 0.1) is 0 Å². The Hall–Kier alpha value is -2.03. The van der Waals surface area contributed by atoms with Crippen molar-refractivity contribution >= 4 is 17.1 Å². The maximum absolute atomic E-state index is 13.1. The van der Waals surface area contributed by atoms with E-state index in [9.17, 15) is 4.39 Å². The number of nitrogen functional groups attached to an aromatic ring is 1. The summed E-state index contributed by atoms with van der Waals surface area (Å²) in [5, 5.41) is 3.23. The maximum Gasteiger partial charge on any atom is 0.126 e. The summed E-state index contributed by atoms with van der Waals surface area (Å²) in [6.45, 7) is 3.74. The monoisotopic (exact) mass is 230 g/mol. The van der Waals surface area contributed by atoms with E-state index in [1.165, 1.54) is 6.07 Å². The first-order valence-corrected chi connectivity index (χ1v) is 5.45. The van der Waals surface area contributed by atoms with Gasteiger partial charge in [-0.25, -0.2) is 4.39 Å². The SMILES string of the molecule is Cc1cc(Nc2cc(N)ccc2C)ccc1F. The van der Waals surface area contributed by atoms with Gasteiger partial charge in [0.25, 0.3) is 0 Å². The van der Waals surface area contributed by atoms with Crippen molar-refractivity contribution in [1.29, 1.82) is 0 Å². The minimum Gasteiger partial charge on any atom is -0.399 e. The van der Waals surface area contributed by atoms with E-state index >= 15 is 0 Å². The molecule has 0 amide bonds. The fraction of sp³-hybridized carbons (Fsp3) is 0.143. The molecule has 0 bridgehead atoms. The highest BCUT2D eigenvalue weighted by molar-refractivity contribution is 5.67. The molecule has 0 aromatic heterocycles. The van der Waals surface area contributed by atoms with Gasteiger partial charge in [0.15, 0.2) is 0 Å². The van der Waals surface area contributed by atoms with Crippen LogP contribution >= 0.6 is 0 Å². The van der Waals surface area contributed by atoms with Crippen molar-refractivity contribution in [3.05, 3.63) is 53.3 Å². The average molecular weight is 230 g/mol. The van der Waals surface area contributed by atoms with E-state index in [2.05, 4.69) is 5.32 Å². The number of nitrogens with one attached hydrogen (secondary N) is 1. The number of anilines is 3. The molecule has 0 aliphatic carbocycles. The molecule has 0 aliphatic rings. The Morgan fingerprint density at radius 2 is 1.76 bits per heavy atom. The maximum atomic E-state index is 13.1.